The fourth-order valence-electron chi connectivity index (χ4n) is 6.70. The molecule has 2 aliphatic heterocycles. The Morgan fingerprint density at radius 3 is 2.54 bits per heavy atom. The Labute approximate surface area is 230 Å². The highest BCUT2D eigenvalue weighted by molar-refractivity contribution is 6.15. The van der Waals surface area contributed by atoms with E-state index in [0.29, 0.717) is 25.4 Å². The van der Waals surface area contributed by atoms with Crippen molar-refractivity contribution in [2.45, 2.75) is 57.5 Å². The predicted molar refractivity (Wildman–Crippen MR) is 153 cm³/mol. The predicted octanol–water partition coefficient (Wildman–Crippen LogP) is 4.13. The number of carbonyl (C=O) groups excluding carboxylic acids is 2. The van der Waals surface area contributed by atoms with Crippen LogP contribution in [0.25, 0.3) is 0 Å². The van der Waals surface area contributed by atoms with Gasteiger partial charge in [-0.1, -0.05) is 43.5 Å². The van der Waals surface area contributed by atoms with Crippen LogP contribution in [-0.4, -0.2) is 68.1 Å². The minimum absolute atomic E-state index is 0.208. The average molecular weight is 530 g/mol. The summed E-state index contributed by atoms with van der Waals surface area (Å²) in [5.74, 6) is 0.0463. The van der Waals surface area contributed by atoms with Crippen LogP contribution in [-0.2, 0) is 22.4 Å². The Bertz CT molecular complexity index is 1250. The second-order valence-corrected chi connectivity index (χ2v) is 11.2. The second-order valence-electron chi connectivity index (χ2n) is 11.2. The summed E-state index contributed by atoms with van der Waals surface area (Å²) >= 11 is 0. The van der Waals surface area contributed by atoms with Crippen molar-refractivity contribution in [1.29, 1.82) is 0 Å². The van der Waals surface area contributed by atoms with Gasteiger partial charge in [-0.3, -0.25) is 19.6 Å². The lowest BCUT2D eigenvalue weighted by molar-refractivity contribution is -0.119. The summed E-state index contributed by atoms with van der Waals surface area (Å²) in [5.41, 5.74) is 12.0. The number of nitrogens with zero attached hydrogens (tertiary/aromatic N) is 4. The van der Waals surface area contributed by atoms with E-state index in [9.17, 15) is 9.59 Å². The number of aryl methyl sites for hydroxylation is 2. The number of nitrogens with two attached hydrogens (primary N) is 1. The smallest absolute Gasteiger partial charge is 0.321 e. The van der Waals surface area contributed by atoms with E-state index >= 15 is 0 Å². The van der Waals surface area contributed by atoms with Gasteiger partial charge in [0, 0.05) is 43.3 Å². The molecule has 1 atom stereocenters. The minimum atomic E-state index is -1.05. The van der Waals surface area contributed by atoms with E-state index in [2.05, 4.69) is 17.0 Å². The monoisotopic (exact) mass is 529 g/mol. The summed E-state index contributed by atoms with van der Waals surface area (Å²) < 4.78 is 5.53. The Hall–Kier alpha value is -3.23. The molecule has 206 valence electrons. The highest BCUT2D eigenvalue weighted by Crippen LogP contribution is 2.36. The van der Waals surface area contributed by atoms with E-state index in [0.717, 1.165) is 81.5 Å². The molecule has 0 spiro atoms. The first-order valence-corrected chi connectivity index (χ1v) is 14.6. The van der Waals surface area contributed by atoms with Gasteiger partial charge < -0.3 is 15.4 Å². The number of hydrogen-bond donors (Lipinski definition) is 1. The van der Waals surface area contributed by atoms with E-state index in [-0.39, 0.29) is 11.8 Å². The lowest BCUT2D eigenvalue weighted by atomic mass is 9.83. The topological polar surface area (TPSA) is 91.5 Å². The van der Waals surface area contributed by atoms with Gasteiger partial charge in [-0.05, 0) is 61.4 Å². The van der Waals surface area contributed by atoms with E-state index in [1.54, 1.807) is 0 Å². The van der Waals surface area contributed by atoms with Crippen molar-refractivity contribution in [2.24, 2.45) is 16.6 Å². The van der Waals surface area contributed by atoms with Crippen LogP contribution in [0.4, 0.5) is 16.2 Å². The number of para-hydroxylation sites is 1. The van der Waals surface area contributed by atoms with Gasteiger partial charge in [0.05, 0.1) is 24.6 Å². The summed E-state index contributed by atoms with van der Waals surface area (Å²) in [6, 6.07) is 13.5. The van der Waals surface area contributed by atoms with Crippen molar-refractivity contribution in [2.75, 3.05) is 49.2 Å². The van der Waals surface area contributed by atoms with Gasteiger partial charge in [0.15, 0.2) is 0 Å². The summed E-state index contributed by atoms with van der Waals surface area (Å²) in [6.07, 6.45) is 7.68. The van der Waals surface area contributed by atoms with Crippen molar-refractivity contribution >= 4 is 29.0 Å². The standard InChI is InChI=1S/C31H39N5O3/c32-31(38)36(25-14-13-22-9-6-10-24(22)21-25)29-30(37)35(16-15-34-17-19-39-20-18-34)27-12-5-4-11-26(27)28(33-29)23-7-2-1-3-8-23/h4-5,11-14,21,23,29H,1-3,6-10,15-20H2,(H2,32,38)/t29-/m1/s1. The highest BCUT2D eigenvalue weighted by atomic mass is 16.5. The van der Waals surface area contributed by atoms with Crippen LogP contribution in [0.2, 0.25) is 0 Å². The third-order valence-corrected chi connectivity index (χ3v) is 8.80. The van der Waals surface area contributed by atoms with Crippen LogP contribution in [0.1, 0.15) is 55.2 Å². The number of benzodiazepines with no additional fused rings is 1. The molecule has 4 aliphatic rings. The Kier molecular flexibility index (Phi) is 7.66. The number of benzene rings is 2. The van der Waals surface area contributed by atoms with Gasteiger partial charge in [-0.15, -0.1) is 0 Å². The first-order valence-electron chi connectivity index (χ1n) is 14.6. The molecule has 2 aromatic carbocycles. The van der Waals surface area contributed by atoms with Crippen LogP contribution < -0.4 is 15.5 Å². The molecule has 8 nitrogen and oxygen atoms in total. The number of amides is 3. The molecular formula is C31H39N5O3. The molecule has 2 N–H and O–H groups in total. The van der Waals surface area contributed by atoms with E-state index in [4.69, 9.17) is 15.5 Å². The summed E-state index contributed by atoms with van der Waals surface area (Å²) in [4.78, 5) is 38.4. The SMILES string of the molecule is NC(=O)N(c1ccc2c(c1)CCC2)[C@H]1N=C(C2CCCCC2)c2ccccc2N(CCN2CCOCC2)C1=O. The third kappa shape index (κ3) is 5.32. The van der Waals surface area contributed by atoms with Crippen LogP contribution in [0.5, 0.6) is 0 Å². The fourth-order valence-corrected chi connectivity index (χ4v) is 6.70. The number of ether oxygens (including phenoxy) is 1. The maximum Gasteiger partial charge on any atom is 0.321 e. The lowest BCUT2D eigenvalue weighted by Crippen LogP contribution is -2.53. The first-order chi connectivity index (χ1) is 19.1. The highest BCUT2D eigenvalue weighted by Gasteiger charge is 2.39. The summed E-state index contributed by atoms with van der Waals surface area (Å²) in [7, 11) is 0. The Morgan fingerprint density at radius 1 is 0.974 bits per heavy atom. The maximum absolute atomic E-state index is 14.5. The zero-order valence-corrected chi connectivity index (χ0v) is 22.7. The third-order valence-electron chi connectivity index (χ3n) is 8.80. The molecule has 8 heteroatoms. The normalized spacial score (nSPS) is 22.2. The van der Waals surface area contributed by atoms with Crippen molar-refractivity contribution in [3.63, 3.8) is 0 Å². The molecule has 3 amide bonds. The van der Waals surface area contributed by atoms with Crippen LogP contribution in [0.15, 0.2) is 47.5 Å². The molecule has 0 unspecified atom stereocenters. The minimum Gasteiger partial charge on any atom is -0.379 e. The molecule has 0 radical (unpaired) electrons. The first kappa shape index (κ1) is 26.0. The molecule has 0 bridgehead atoms. The molecule has 2 aromatic rings. The largest absolute Gasteiger partial charge is 0.379 e. The van der Waals surface area contributed by atoms with Crippen molar-refractivity contribution in [3.05, 3.63) is 59.2 Å². The van der Waals surface area contributed by atoms with Crippen molar-refractivity contribution in [1.82, 2.24) is 4.90 Å². The van der Waals surface area contributed by atoms with Gasteiger partial charge in [0.25, 0.3) is 5.91 Å². The lowest BCUT2D eigenvalue weighted by Gasteiger charge is -2.33. The van der Waals surface area contributed by atoms with Crippen LogP contribution in [0, 0.1) is 5.92 Å². The second kappa shape index (κ2) is 11.5. The van der Waals surface area contributed by atoms with Crippen molar-refractivity contribution in [3.8, 4) is 0 Å². The molecule has 1 saturated carbocycles. The number of primary amides is 1. The van der Waals surface area contributed by atoms with Crippen LogP contribution in [0.3, 0.4) is 0 Å². The number of morpholine rings is 1. The number of hydrogen-bond acceptors (Lipinski definition) is 5. The number of anilines is 2. The maximum atomic E-state index is 14.5. The van der Waals surface area contributed by atoms with Gasteiger partial charge in [-0.2, -0.15) is 0 Å². The van der Waals surface area contributed by atoms with E-state index in [1.807, 2.05) is 35.2 Å². The number of carbonyl (C=O) groups is 2. The molecule has 39 heavy (non-hydrogen) atoms. The van der Waals surface area contributed by atoms with Gasteiger partial charge in [0.1, 0.15) is 0 Å². The van der Waals surface area contributed by atoms with Crippen molar-refractivity contribution < 1.29 is 14.3 Å². The molecule has 2 fully saturated rings. The number of aliphatic imine (C=N–C) groups is 1. The Balaban J connectivity index is 1.43. The molecule has 0 aromatic heterocycles. The fraction of sp³-hybridized carbons (Fsp3) is 0.516. The quantitative estimate of drug-likeness (QED) is 0.609. The molecule has 6 rings (SSSR count). The summed E-state index contributed by atoms with van der Waals surface area (Å²) in [6.45, 7) is 4.34. The van der Waals surface area contributed by atoms with Gasteiger partial charge in [0.2, 0.25) is 6.17 Å². The Morgan fingerprint density at radius 2 is 1.74 bits per heavy atom. The number of rotatable bonds is 6. The molecule has 2 heterocycles. The van der Waals surface area contributed by atoms with Crippen LogP contribution >= 0.6 is 0 Å². The van der Waals surface area contributed by atoms with Gasteiger partial charge in [-0.25, -0.2) is 4.79 Å². The summed E-state index contributed by atoms with van der Waals surface area (Å²) in [5, 5.41) is 0. The number of fused-ring (bicyclic) bond motifs is 2. The van der Waals surface area contributed by atoms with E-state index in [1.165, 1.54) is 22.4 Å². The molecule has 1 saturated heterocycles. The van der Waals surface area contributed by atoms with Gasteiger partial charge >= 0.3 is 6.03 Å². The zero-order valence-electron chi connectivity index (χ0n) is 22.7. The van der Waals surface area contributed by atoms with E-state index < -0.39 is 12.2 Å². The molecule has 2 aliphatic carbocycles. The average Bonchev–Trinajstić information content (AvgIpc) is 3.40. The molecular weight excluding hydrogens is 490 g/mol. The zero-order chi connectivity index (χ0) is 26.8. The number of urea groups is 1.